The molecule has 0 saturated carbocycles. The lowest BCUT2D eigenvalue weighted by molar-refractivity contribution is -0.123. The van der Waals surface area contributed by atoms with E-state index in [0.29, 0.717) is 0 Å². The van der Waals surface area contributed by atoms with E-state index in [1.165, 1.54) is 37.4 Å². The molecule has 136 valence electrons. The normalized spacial score (nSPS) is 10.2. The second-order valence-electron chi connectivity index (χ2n) is 5.09. The van der Waals surface area contributed by atoms with Gasteiger partial charge in [0.05, 0.1) is 28.4 Å². The van der Waals surface area contributed by atoms with Crippen LogP contribution in [-0.2, 0) is 14.3 Å². The average Bonchev–Trinajstić information content (AvgIpc) is 2.59. The van der Waals surface area contributed by atoms with Gasteiger partial charge in [-0.1, -0.05) is 23.2 Å². The fourth-order valence-corrected chi connectivity index (χ4v) is 2.33. The van der Waals surface area contributed by atoms with Crippen LogP contribution in [0.25, 0.3) is 0 Å². The Kier molecular flexibility index (Phi) is 6.54. The summed E-state index contributed by atoms with van der Waals surface area (Å²) in [6.07, 6.45) is -0.520. The van der Waals surface area contributed by atoms with Gasteiger partial charge in [-0.3, -0.25) is 9.59 Å². The molecule has 2 amide bonds. The van der Waals surface area contributed by atoms with Gasteiger partial charge < -0.3 is 15.4 Å². The highest BCUT2D eigenvalue weighted by Crippen LogP contribution is 2.24. The third kappa shape index (κ3) is 5.18. The number of rotatable bonds is 5. The Morgan fingerprint density at radius 1 is 1.00 bits per heavy atom. The molecule has 0 heterocycles. The van der Waals surface area contributed by atoms with Gasteiger partial charge in [0.1, 0.15) is 12.2 Å². The molecule has 0 unspecified atom stereocenters. The molecule has 0 fully saturated rings. The SMILES string of the molecule is COC(=O)c1ccc(Cl)c(NC(=O)CC(=O)Nc2ccc(F)c(Cl)c2)c1. The number of halogens is 3. The molecule has 0 aromatic heterocycles. The van der Waals surface area contributed by atoms with Crippen molar-refractivity contribution in [1.82, 2.24) is 0 Å². The monoisotopic (exact) mass is 398 g/mol. The minimum atomic E-state index is -0.653. The summed E-state index contributed by atoms with van der Waals surface area (Å²) < 4.78 is 17.7. The maximum Gasteiger partial charge on any atom is 0.337 e. The number of methoxy groups -OCH3 is 1. The summed E-state index contributed by atoms with van der Waals surface area (Å²) in [6, 6.07) is 7.83. The fraction of sp³-hybridized carbons (Fsp3) is 0.118. The predicted molar refractivity (Wildman–Crippen MR) is 96.1 cm³/mol. The lowest BCUT2D eigenvalue weighted by atomic mass is 10.2. The van der Waals surface area contributed by atoms with Crippen molar-refractivity contribution < 1.29 is 23.5 Å². The summed E-state index contributed by atoms with van der Waals surface area (Å²) in [5.41, 5.74) is 0.606. The van der Waals surface area contributed by atoms with Crippen LogP contribution in [0.4, 0.5) is 15.8 Å². The van der Waals surface area contributed by atoms with Crippen LogP contribution in [-0.4, -0.2) is 24.9 Å². The van der Waals surface area contributed by atoms with E-state index in [1.807, 2.05) is 0 Å². The molecule has 0 spiro atoms. The first-order valence-corrected chi connectivity index (χ1v) is 7.98. The van der Waals surface area contributed by atoms with Crippen LogP contribution >= 0.6 is 23.2 Å². The van der Waals surface area contributed by atoms with Crippen molar-refractivity contribution >= 4 is 52.4 Å². The highest BCUT2D eigenvalue weighted by Gasteiger charge is 2.14. The zero-order valence-electron chi connectivity index (χ0n) is 13.4. The minimum Gasteiger partial charge on any atom is -0.465 e. The van der Waals surface area contributed by atoms with E-state index >= 15 is 0 Å². The number of anilines is 2. The lowest BCUT2D eigenvalue weighted by Crippen LogP contribution is -2.21. The molecule has 6 nitrogen and oxygen atoms in total. The molecular weight excluding hydrogens is 386 g/mol. The third-order valence-corrected chi connectivity index (χ3v) is 3.81. The van der Waals surface area contributed by atoms with Crippen molar-refractivity contribution in [2.45, 2.75) is 6.42 Å². The van der Waals surface area contributed by atoms with Crippen LogP contribution in [0.15, 0.2) is 36.4 Å². The molecule has 2 aromatic carbocycles. The number of ether oxygens (including phenoxy) is 1. The van der Waals surface area contributed by atoms with Crippen LogP contribution in [0.5, 0.6) is 0 Å². The van der Waals surface area contributed by atoms with Gasteiger partial charge in [-0.25, -0.2) is 9.18 Å². The second-order valence-corrected chi connectivity index (χ2v) is 5.90. The van der Waals surface area contributed by atoms with Gasteiger partial charge >= 0.3 is 5.97 Å². The van der Waals surface area contributed by atoms with Gasteiger partial charge in [-0.15, -0.1) is 0 Å². The number of nitrogens with one attached hydrogen (secondary N) is 2. The zero-order chi connectivity index (χ0) is 19.3. The third-order valence-electron chi connectivity index (χ3n) is 3.19. The molecule has 0 atom stereocenters. The lowest BCUT2D eigenvalue weighted by Gasteiger charge is -2.09. The molecule has 2 N–H and O–H groups in total. The van der Waals surface area contributed by atoms with Crippen molar-refractivity contribution in [3.05, 3.63) is 57.8 Å². The molecule has 0 aliphatic carbocycles. The zero-order valence-corrected chi connectivity index (χ0v) is 14.9. The first-order valence-electron chi connectivity index (χ1n) is 7.22. The van der Waals surface area contributed by atoms with E-state index in [4.69, 9.17) is 23.2 Å². The van der Waals surface area contributed by atoms with E-state index in [2.05, 4.69) is 15.4 Å². The summed E-state index contributed by atoms with van der Waals surface area (Å²) in [7, 11) is 1.22. The molecular formula is C17H13Cl2FN2O4. The summed E-state index contributed by atoms with van der Waals surface area (Å²) in [5.74, 6) is -2.50. The number of hydrogen-bond acceptors (Lipinski definition) is 4. The van der Waals surface area contributed by atoms with E-state index in [1.54, 1.807) is 0 Å². The summed E-state index contributed by atoms with van der Waals surface area (Å²) in [5, 5.41) is 4.90. The Labute approximate surface area is 158 Å². The first kappa shape index (κ1) is 19.7. The van der Waals surface area contributed by atoms with Crippen LogP contribution in [0.3, 0.4) is 0 Å². The number of carbonyl (C=O) groups is 3. The molecule has 9 heteroatoms. The second kappa shape index (κ2) is 8.64. The number of benzene rings is 2. The number of carbonyl (C=O) groups excluding carboxylic acids is 3. The van der Waals surface area contributed by atoms with Gasteiger partial charge in [0.2, 0.25) is 11.8 Å². The Morgan fingerprint density at radius 2 is 1.69 bits per heavy atom. The summed E-state index contributed by atoms with van der Waals surface area (Å²) >= 11 is 11.6. The van der Waals surface area contributed by atoms with Crippen molar-refractivity contribution in [3.63, 3.8) is 0 Å². The molecule has 0 bridgehead atoms. The van der Waals surface area contributed by atoms with Crippen LogP contribution < -0.4 is 10.6 Å². The molecule has 0 aliphatic heterocycles. The van der Waals surface area contributed by atoms with Crippen molar-refractivity contribution in [2.75, 3.05) is 17.7 Å². The smallest absolute Gasteiger partial charge is 0.337 e. The number of amides is 2. The summed E-state index contributed by atoms with van der Waals surface area (Å²) in [6.45, 7) is 0. The molecule has 0 radical (unpaired) electrons. The van der Waals surface area contributed by atoms with Crippen LogP contribution in [0.2, 0.25) is 10.0 Å². The van der Waals surface area contributed by atoms with E-state index in [9.17, 15) is 18.8 Å². The van der Waals surface area contributed by atoms with Gasteiger partial charge in [-0.05, 0) is 36.4 Å². The van der Waals surface area contributed by atoms with Crippen molar-refractivity contribution in [2.24, 2.45) is 0 Å². The largest absolute Gasteiger partial charge is 0.465 e. The Balaban J connectivity index is 2.00. The van der Waals surface area contributed by atoms with Crippen molar-refractivity contribution in [3.8, 4) is 0 Å². The Morgan fingerprint density at radius 3 is 2.35 bits per heavy atom. The van der Waals surface area contributed by atoms with Gasteiger partial charge in [-0.2, -0.15) is 0 Å². The number of esters is 1. The standard InChI is InChI=1S/C17H13Cl2FN2O4/c1-26-17(25)9-2-4-11(18)14(6-9)22-16(24)8-15(23)21-10-3-5-13(20)12(19)7-10/h2-7H,8H2,1H3,(H,21,23)(H,22,24). The predicted octanol–water partition coefficient (Wildman–Crippen LogP) is 3.89. The quantitative estimate of drug-likeness (QED) is 0.590. The molecule has 2 aromatic rings. The first-order chi connectivity index (χ1) is 12.3. The van der Waals surface area contributed by atoms with E-state index < -0.39 is 30.0 Å². The van der Waals surface area contributed by atoms with Gasteiger partial charge in [0, 0.05) is 5.69 Å². The highest BCUT2D eigenvalue weighted by atomic mass is 35.5. The van der Waals surface area contributed by atoms with Crippen LogP contribution in [0, 0.1) is 5.82 Å². The maximum absolute atomic E-state index is 13.1. The number of hydrogen-bond donors (Lipinski definition) is 2. The molecule has 26 heavy (non-hydrogen) atoms. The Hall–Kier alpha value is -2.64. The van der Waals surface area contributed by atoms with Crippen LogP contribution in [0.1, 0.15) is 16.8 Å². The van der Waals surface area contributed by atoms with Gasteiger partial charge in [0.15, 0.2) is 0 Å². The minimum absolute atomic E-state index is 0.154. The van der Waals surface area contributed by atoms with E-state index in [-0.39, 0.29) is 27.0 Å². The van der Waals surface area contributed by atoms with Crippen molar-refractivity contribution in [1.29, 1.82) is 0 Å². The maximum atomic E-state index is 13.1. The fourth-order valence-electron chi connectivity index (χ4n) is 1.99. The van der Waals surface area contributed by atoms with Gasteiger partial charge in [0.25, 0.3) is 0 Å². The molecule has 2 rings (SSSR count). The van der Waals surface area contributed by atoms with E-state index in [0.717, 1.165) is 6.07 Å². The molecule has 0 saturated heterocycles. The summed E-state index contributed by atoms with van der Waals surface area (Å²) in [4.78, 5) is 35.4. The molecule has 0 aliphatic rings. The topological polar surface area (TPSA) is 84.5 Å². The Bertz CT molecular complexity index is 874. The highest BCUT2D eigenvalue weighted by molar-refractivity contribution is 6.34. The average molecular weight is 399 g/mol.